The number of pyridine rings is 1. The minimum absolute atomic E-state index is 0.0281. The Labute approximate surface area is 171 Å². The molecule has 1 aromatic heterocycles. The molecule has 5 heteroatoms. The lowest BCUT2D eigenvalue weighted by atomic mass is 10.1. The van der Waals surface area contributed by atoms with Gasteiger partial charge in [0, 0.05) is 18.7 Å². The highest BCUT2D eigenvalue weighted by Crippen LogP contribution is 2.18. The summed E-state index contributed by atoms with van der Waals surface area (Å²) >= 11 is 0. The van der Waals surface area contributed by atoms with E-state index in [9.17, 15) is 4.79 Å². The summed E-state index contributed by atoms with van der Waals surface area (Å²) in [5.74, 6) is 1.11. The third-order valence-corrected chi connectivity index (χ3v) is 4.57. The number of hydrogen-bond acceptors (Lipinski definition) is 4. The largest absolute Gasteiger partial charge is 0.497 e. The number of methoxy groups -OCH3 is 1. The van der Waals surface area contributed by atoms with Crippen LogP contribution in [0.3, 0.4) is 0 Å². The lowest BCUT2D eigenvalue weighted by Gasteiger charge is -2.26. The number of ether oxygens (including phenoxy) is 2. The van der Waals surface area contributed by atoms with Crippen molar-refractivity contribution in [2.24, 2.45) is 0 Å². The van der Waals surface area contributed by atoms with Gasteiger partial charge in [-0.1, -0.05) is 48.5 Å². The maximum Gasteiger partial charge on any atom is 0.273 e. The van der Waals surface area contributed by atoms with Crippen molar-refractivity contribution in [3.8, 4) is 11.6 Å². The van der Waals surface area contributed by atoms with Crippen LogP contribution in [0.15, 0.2) is 72.8 Å². The van der Waals surface area contributed by atoms with Crippen LogP contribution in [0.2, 0.25) is 0 Å². The van der Waals surface area contributed by atoms with Crippen LogP contribution < -0.4 is 9.47 Å². The standard InChI is InChI=1S/C24H26N2O3/c1-18(2)26(16-19-12-14-21(28-3)15-13-19)24(27)22-10-7-11-23(25-22)29-17-20-8-5-4-6-9-20/h4-15,18H,16-17H2,1-3H3. The predicted octanol–water partition coefficient (Wildman–Crippen LogP) is 4.72. The van der Waals surface area contributed by atoms with E-state index in [4.69, 9.17) is 9.47 Å². The molecule has 5 nitrogen and oxygen atoms in total. The average Bonchev–Trinajstić information content (AvgIpc) is 2.76. The quantitative estimate of drug-likeness (QED) is 0.558. The molecule has 2 aromatic carbocycles. The van der Waals surface area contributed by atoms with Crippen molar-refractivity contribution in [3.05, 3.63) is 89.6 Å². The van der Waals surface area contributed by atoms with Crippen LogP contribution in [0.25, 0.3) is 0 Å². The molecule has 0 saturated carbocycles. The molecule has 3 aromatic rings. The van der Waals surface area contributed by atoms with E-state index in [0.717, 1.165) is 16.9 Å². The van der Waals surface area contributed by atoms with Crippen LogP contribution in [0.5, 0.6) is 11.6 Å². The van der Waals surface area contributed by atoms with Gasteiger partial charge in [-0.05, 0) is 43.2 Å². The molecule has 0 unspecified atom stereocenters. The molecule has 150 valence electrons. The molecule has 1 heterocycles. The maximum absolute atomic E-state index is 13.1. The fourth-order valence-electron chi connectivity index (χ4n) is 2.91. The highest BCUT2D eigenvalue weighted by atomic mass is 16.5. The van der Waals surface area contributed by atoms with Crippen molar-refractivity contribution in [2.75, 3.05) is 7.11 Å². The van der Waals surface area contributed by atoms with Crippen molar-refractivity contribution in [1.29, 1.82) is 0 Å². The second-order valence-corrected chi connectivity index (χ2v) is 7.01. The summed E-state index contributed by atoms with van der Waals surface area (Å²) in [5.41, 5.74) is 2.46. The van der Waals surface area contributed by atoms with Gasteiger partial charge in [-0.2, -0.15) is 0 Å². The third kappa shape index (κ3) is 5.57. The molecule has 0 atom stereocenters. The zero-order chi connectivity index (χ0) is 20.6. The number of amides is 1. The van der Waals surface area contributed by atoms with Crippen LogP contribution >= 0.6 is 0 Å². The van der Waals surface area contributed by atoms with Crippen molar-refractivity contribution in [3.63, 3.8) is 0 Å². The molecule has 3 rings (SSSR count). The Kier molecular flexibility index (Phi) is 6.85. The van der Waals surface area contributed by atoms with E-state index in [1.165, 1.54) is 0 Å². The Morgan fingerprint density at radius 3 is 2.31 bits per heavy atom. The molecule has 0 aliphatic rings. The van der Waals surface area contributed by atoms with Crippen molar-refractivity contribution in [2.45, 2.75) is 33.0 Å². The Balaban J connectivity index is 1.72. The lowest BCUT2D eigenvalue weighted by Crippen LogP contribution is -2.36. The zero-order valence-corrected chi connectivity index (χ0v) is 17.0. The molecule has 0 saturated heterocycles. The first-order valence-corrected chi connectivity index (χ1v) is 9.64. The molecule has 0 aliphatic heterocycles. The summed E-state index contributed by atoms with van der Waals surface area (Å²) in [4.78, 5) is 19.3. The van der Waals surface area contributed by atoms with Gasteiger partial charge < -0.3 is 14.4 Å². The lowest BCUT2D eigenvalue weighted by molar-refractivity contribution is 0.0683. The van der Waals surface area contributed by atoms with Crippen molar-refractivity contribution >= 4 is 5.91 Å². The summed E-state index contributed by atoms with van der Waals surface area (Å²) < 4.78 is 11.0. The summed E-state index contributed by atoms with van der Waals surface area (Å²) in [5, 5.41) is 0. The summed E-state index contributed by atoms with van der Waals surface area (Å²) in [6.45, 7) is 4.90. The molecule has 0 spiro atoms. The van der Waals surface area contributed by atoms with Gasteiger partial charge in [-0.25, -0.2) is 4.98 Å². The number of hydrogen-bond donors (Lipinski definition) is 0. The van der Waals surface area contributed by atoms with Crippen LogP contribution in [0.1, 0.15) is 35.5 Å². The predicted molar refractivity (Wildman–Crippen MR) is 113 cm³/mol. The number of benzene rings is 2. The Bertz CT molecular complexity index is 924. The Morgan fingerprint density at radius 1 is 0.931 bits per heavy atom. The van der Waals surface area contributed by atoms with E-state index >= 15 is 0 Å². The number of nitrogens with zero attached hydrogens (tertiary/aromatic N) is 2. The first-order valence-electron chi connectivity index (χ1n) is 9.64. The van der Waals surface area contributed by atoms with E-state index in [1.54, 1.807) is 30.2 Å². The third-order valence-electron chi connectivity index (χ3n) is 4.57. The van der Waals surface area contributed by atoms with Crippen LogP contribution in [0.4, 0.5) is 0 Å². The maximum atomic E-state index is 13.1. The molecule has 0 radical (unpaired) electrons. The SMILES string of the molecule is COc1ccc(CN(C(=O)c2cccc(OCc3ccccc3)n2)C(C)C)cc1. The van der Waals surface area contributed by atoms with Gasteiger partial charge in [0.05, 0.1) is 7.11 Å². The normalized spacial score (nSPS) is 10.6. The summed E-state index contributed by atoms with van der Waals surface area (Å²) in [6.07, 6.45) is 0. The highest BCUT2D eigenvalue weighted by molar-refractivity contribution is 5.92. The van der Waals surface area contributed by atoms with Gasteiger partial charge in [0.2, 0.25) is 5.88 Å². The molecular formula is C24H26N2O3. The van der Waals surface area contributed by atoms with Gasteiger partial charge in [0.25, 0.3) is 5.91 Å². The van der Waals surface area contributed by atoms with E-state index in [0.29, 0.717) is 24.7 Å². The minimum Gasteiger partial charge on any atom is -0.497 e. The number of carbonyl (C=O) groups excluding carboxylic acids is 1. The van der Waals surface area contributed by atoms with Gasteiger partial charge >= 0.3 is 0 Å². The van der Waals surface area contributed by atoms with E-state index in [-0.39, 0.29) is 11.9 Å². The van der Waals surface area contributed by atoms with Gasteiger partial charge in [0.15, 0.2) is 0 Å². The van der Waals surface area contributed by atoms with E-state index < -0.39 is 0 Å². The fourth-order valence-corrected chi connectivity index (χ4v) is 2.91. The molecular weight excluding hydrogens is 364 g/mol. The smallest absolute Gasteiger partial charge is 0.273 e. The zero-order valence-electron chi connectivity index (χ0n) is 17.0. The van der Waals surface area contributed by atoms with Crippen LogP contribution in [-0.4, -0.2) is 28.9 Å². The number of carbonyl (C=O) groups is 1. The van der Waals surface area contributed by atoms with Gasteiger partial charge in [-0.15, -0.1) is 0 Å². The highest BCUT2D eigenvalue weighted by Gasteiger charge is 2.21. The van der Waals surface area contributed by atoms with Crippen LogP contribution in [0, 0.1) is 0 Å². The minimum atomic E-state index is -0.124. The number of aromatic nitrogens is 1. The first-order chi connectivity index (χ1) is 14.1. The summed E-state index contributed by atoms with van der Waals surface area (Å²) in [7, 11) is 1.64. The van der Waals surface area contributed by atoms with Gasteiger partial charge in [-0.3, -0.25) is 4.79 Å². The average molecular weight is 390 g/mol. The Hall–Kier alpha value is -3.34. The van der Waals surface area contributed by atoms with Crippen molar-refractivity contribution in [1.82, 2.24) is 9.88 Å². The van der Waals surface area contributed by atoms with Crippen LogP contribution in [-0.2, 0) is 13.2 Å². The fraction of sp³-hybridized carbons (Fsp3) is 0.250. The molecule has 1 amide bonds. The molecule has 0 aliphatic carbocycles. The van der Waals surface area contributed by atoms with E-state index in [1.807, 2.05) is 68.4 Å². The molecule has 29 heavy (non-hydrogen) atoms. The molecule has 0 N–H and O–H groups in total. The topological polar surface area (TPSA) is 51.7 Å². The number of rotatable bonds is 8. The first kappa shape index (κ1) is 20.4. The second-order valence-electron chi connectivity index (χ2n) is 7.01. The molecule has 0 bridgehead atoms. The monoisotopic (exact) mass is 390 g/mol. The molecule has 0 fully saturated rings. The second kappa shape index (κ2) is 9.73. The Morgan fingerprint density at radius 2 is 1.66 bits per heavy atom. The van der Waals surface area contributed by atoms with Crippen molar-refractivity contribution < 1.29 is 14.3 Å². The van der Waals surface area contributed by atoms with Gasteiger partial charge in [0.1, 0.15) is 18.1 Å². The summed E-state index contributed by atoms with van der Waals surface area (Å²) in [6, 6.07) is 22.9. The van der Waals surface area contributed by atoms with E-state index in [2.05, 4.69) is 4.98 Å².